The Kier molecular flexibility index (Phi) is 1.72. The molecular formula is C6H7N3O2. The van der Waals surface area contributed by atoms with Crippen molar-refractivity contribution in [3.63, 3.8) is 0 Å². The van der Waals surface area contributed by atoms with Gasteiger partial charge in [-0.3, -0.25) is 0 Å². The van der Waals surface area contributed by atoms with Crippen molar-refractivity contribution in [1.82, 2.24) is 4.98 Å². The Morgan fingerprint density at radius 2 is 2.27 bits per heavy atom. The number of nitro groups is 1. The summed E-state index contributed by atoms with van der Waals surface area (Å²) in [5.41, 5.74) is 6.27. The fraction of sp³-hybridized carbons (Fsp3) is 0.167. The van der Waals surface area contributed by atoms with E-state index in [0.717, 1.165) is 0 Å². The van der Waals surface area contributed by atoms with Crippen molar-refractivity contribution in [2.75, 3.05) is 5.73 Å². The molecule has 58 valence electrons. The summed E-state index contributed by atoms with van der Waals surface area (Å²) >= 11 is 0. The van der Waals surface area contributed by atoms with E-state index < -0.39 is 4.92 Å². The van der Waals surface area contributed by atoms with E-state index in [4.69, 9.17) is 5.73 Å². The number of hydrogen-bond acceptors (Lipinski definition) is 4. The molecule has 0 saturated carbocycles. The molecule has 2 N–H and O–H groups in total. The van der Waals surface area contributed by atoms with Gasteiger partial charge in [-0.15, -0.1) is 0 Å². The number of hydrogen-bond donors (Lipinski definition) is 1. The van der Waals surface area contributed by atoms with Gasteiger partial charge in [0.15, 0.2) is 5.69 Å². The fourth-order valence-corrected chi connectivity index (χ4v) is 0.771. The lowest BCUT2D eigenvalue weighted by Gasteiger charge is -1.93. The summed E-state index contributed by atoms with van der Waals surface area (Å²) in [7, 11) is 0. The number of nitrogens with zero attached hydrogens (tertiary/aromatic N) is 2. The molecular weight excluding hydrogens is 146 g/mol. The van der Waals surface area contributed by atoms with Crippen LogP contribution in [0.3, 0.4) is 0 Å². The van der Waals surface area contributed by atoms with Gasteiger partial charge in [0.1, 0.15) is 0 Å². The van der Waals surface area contributed by atoms with Gasteiger partial charge in [-0.2, -0.15) is 0 Å². The molecule has 5 nitrogen and oxygen atoms in total. The Bertz CT molecular complexity index is 278. The summed E-state index contributed by atoms with van der Waals surface area (Å²) in [5, 5.41) is 10.2. The monoisotopic (exact) mass is 153 g/mol. The zero-order valence-electron chi connectivity index (χ0n) is 5.94. The first-order valence-corrected chi connectivity index (χ1v) is 2.98. The number of rotatable bonds is 1. The molecule has 1 aromatic heterocycles. The number of aryl methyl sites for hydroxylation is 1. The quantitative estimate of drug-likeness (QED) is 0.479. The van der Waals surface area contributed by atoms with Gasteiger partial charge in [0, 0.05) is 18.7 Å². The van der Waals surface area contributed by atoms with Crippen LogP contribution < -0.4 is 5.73 Å². The first kappa shape index (κ1) is 7.46. The second-order valence-corrected chi connectivity index (χ2v) is 2.16. The maximum Gasteiger partial charge on any atom is 0.365 e. The van der Waals surface area contributed by atoms with Gasteiger partial charge in [-0.1, -0.05) is 0 Å². The Balaban J connectivity index is 3.19. The lowest BCUT2D eigenvalue weighted by molar-refractivity contribution is -0.389. The fourth-order valence-electron chi connectivity index (χ4n) is 0.771. The summed E-state index contributed by atoms with van der Waals surface area (Å²) in [6.07, 6.45) is 0. The lowest BCUT2D eigenvalue weighted by Crippen LogP contribution is -1.96. The highest BCUT2D eigenvalue weighted by Crippen LogP contribution is 2.12. The summed E-state index contributed by atoms with van der Waals surface area (Å²) < 4.78 is 0. The highest BCUT2D eigenvalue weighted by atomic mass is 16.6. The average Bonchev–Trinajstić information content (AvgIpc) is 1.85. The molecule has 0 saturated heterocycles. The van der Waals surface area contributed by atoms with Crippen LogP contribution in [-0.2, 0) is 0 Å². The van der Waals surface area contributed by atoms with Crippen molar-refractivity contribution >= 4 is 11.5 Å². The lowest BCUT2D eigenvalue weighted by atomic mass is 10.3. The molecule has 11 heavy (non-hydrogen) atoms. The van der Waals surface area contributed by atoms with Gasteiger partial charge in [0.2, 0.25) is 0 Å². The molecule has 0 aliphatic carbocycles. The van der Waals surface area contributed by atoms with Crippen LogP contribution in [0.4, 0.5) is 11.5 Å². The van der Waals surface area contributed by atoms with Gasteiger partial charge in [0.25, 0.3) is 0 Å². The van der Waals surface area contributed by atoms with E-state index in [1.54, 1.807) is 13.0 Å². The zero-order chi connectivity index (χ0) is 8.43. The first-order chi connectivity index (χ1) is 5.09. The highest BCUT2D eigenvalue weighted by molar-refractivity contribution is 5.44. The largest absolute Gasteiger partial charge is 0.398 e. The van der Waals surface area contributed by atoms with Crippen LogP contribution in [-0.4, -0.2) is 9.91 Å². The Morgan fingerprint density at radius 3 is 2.73 bits per heavy atom. The normalized spacial score (nSPS) is 9.55. The van der Waals surface area contributed by atoms with Crippen molar-refractivity contribution in [1.29, 1.82) is 0 Å². The minimum Gasteiger partial charge on any atom is -0.398 e. The van der Waals surface area contributed by atoms with Crippen LogP contribution in [0.1, 0.15) is 5.69 Å². The van der Waals surface area contributed by atoms with Crippen molar-refractivity contribution in [2.24, 2.45) is 0 Å². The summed E-state index contributed by atoms with van der Waals surface area (Å²) in [5.74, 6) is -0.206. The number of nitrogens with two attached hydrogens (primary N) is 1. The molecule has 1 rings (SSSR count). The molecule has 0 unspecified atom stereocenters. The summed E-state index contributed by atoms with van der Waals surface area (Å²) in [4.78, 5) is 13.3. The van der Waals surface area contributed by atoms with E-state index in [1.165, 1.54) is 6.07 Å². The SMILES string of the molecule is Cc1cc(N)cc([N+](=O)[O-])n1. The van der Waals surface area contributed by atoms with Crippen LogP contribution in [0.5, 0.6) is 0 Å². The van der Waals surface area contributed by atoms with Crippen LogP contribution in [0.2, 0.25) is 0 Å². The Labute approximate surface area is 63.0 Å². The molecule has 0 bridgehead atoms. The highest BCUT2D eigenvalue weighted by Gasteiger charge is 2.08. The molecule has 0 aliphatic rings. The third kappa shape index (κ3) is 1.64. The second kappa shape index (κ2) is 2.53. The van der Waals surface area contributed by atoms with E-state index in [2.05, 4.69) is 4.98 Å². The van der Waals surface area contributed by atoms with E-state index in [0.29, 0.717) is 11.4 Å². The van der Waals surface area contributed by atoms with E-state index >= 15 is 0 Å². The van der Waals surface area contributed by atoms with Crippen LogP contribution in [0.25, 0.3) is 0 Å². The van der Waals surface area contributed by atoms with Gasteiger partial charge in [0.05, 0.1) is 6.07 Å². The number of anilines is 1. The molecule has 0 radical (unpaired) electrons. The van der Waals surface area contributed by atoms with E-state index in [1.807, 2.05) is 0 Å². The molecule has 0 aromatic carbocycles. The molecule has 5 heteroatoms. The maximum absolute atomic E-state index is 10.2. The van der Waals surface area contributed by atoms with Gasteiger partial charge in [-0.25, -0.2) is 0 Å². The maximum atomic E-state index is 10.2. The van der Waals surface area contributed by atoms with E-state index in [9.17, 15) is 10.1 Å². The Morgan fingerprint density at radius 1 is 1.64 bits per heavy atom. The Hall–Kier alpha value is -1.65. The van der Waals surface area contributed by atoms with Crippen molar-refractivity contribution in [3.05, 3.63) is 27.9 Å². The molecule has 1 heterocycles. The predicted octanol–water partition coefficient (Wildman–Crippen LogP) is 0.880. The van der Waals surface area contributed by atoms with Crippen molar-refractivity contribution < 1.29 is 4.92 Å². The first-order valence-electron chi connectivity index (χ1n) is 2.98. The van der Waals surface area contributed by atoms with Gasteiger partial charge >= 0.3 is 5.82 Å². The predicted molar refractivity (Wildman–Crippen MR) is 40.0 cm³/mol. The van der Waals surface area contributed by atoms with Crippen molar-refractivity contribution in [3.8, 4) is 0 Å². The van der Waals surface area contributed by atoms with Gasteiger partial charge in [-0.05, 0) is 9.91 Å². The minimum atomic E-state index is -0.566. The van der Waals surface area contributed by atoms with Crippen LogP contribution >= 0.6 is 0 Å². The number of pyridine rings is 1. The second-order valence-electron chi connectivity index (χ2n) is 2.16. The molecule has 0 fully saturated rings. The molecule has 0 atom stereocenters. The zero-order valence-corrected chi connectivity index (χ0v) is 5.94. The van der Waals surface area contributed by atoms with Crippen molar-refractivity contribution in [2.45, 2.75) is 6.92 Å². The third-order valence-electron chi connectivity index (χ3n) is 1.15. The van der Waals surface area contributed by atoms with E-state index in [-0.39, 0.29) is 5.82 Å². The molecule has 0 amide bonds. The summed E-state index contributed by atoms with van der Waals surface area (Å²) in [6, 6.07) is 2.81. The summed E-state index contributed by atoms with van der Waals surface area (Å²) in [6.45, 7) is 1.66. The number of nitrogen functional groups attached to an aromatic ring is 1. The van der Waals surface area contributed by atoms with Crippen LogP contribution in [0.15, 0.2) is 12.1 Å². The molecule has 0 aliphatic heterocycles. The van der Waals surface area contributed by atoms with Crippen LogP contribution in [0, 0.1) is 17.0 Å². The third-order valence-corrected chi connectivity index (χ3v) is 1.15. The minimum absolute atomic E-state index is 0.206. The molecule has 0 spiro atoms. The topological polar surface area (TPSA) is 82.0 Å². The number of aromatic nitrogens is 1. The average molecular weight is 153 g/mol. The van der Waals surface area contributed by atoms with Gasteiger partial charge < -0.3 is 15.8 Å². The smallest absolute Gasteiger partial charge is 0.365 e. The standard InChI is InChI=1S/C6H7N3O2/c1-4-2-5(7)3-6(8-4)9(10)11/h2-3H,1H3,(H2,7,8). The molecule has 1 aromatic rings.